The van der Waals surface area contributed by atoms with E-state index in [2.05, 4.69) is 37.5 Å². The molecule has 0 bridgehead atoms. The van der Waals surface area contributed by atoms with E-state index in [4.69, 9.17) is 47.4 Å². The molecule has 0 atom stereocenters. The summed E-state index contributed by atoms with van der Waals surface area (Å²) in [5, 5.41) is 0. The molecule has 0 aliphatic carbocycles. The maximum Gasteiger partial charge on any atom is 0.343 e. The fraction of sp³-hybridized carbons (Fsp3) is 0.675. The number of ether oxygens (including phenoxy) is 10. The molecule has 14 heteroatoms. The zero-order valence-electron chi connectivity index (χ0n) is 59.2. The van der Waals surface area contributed by atoms with E-state index in [0.29, 0.717) is 164 Å². The zero-order valence-corrected chi connectivity index (χ0v) is 59.2. The van der Waals surface area contributed by atoms with Gasteiger partial charge >= 0.3 is 11.9 Å². The number of nitrogens with zero attached hydrogens (tertiary/aromatic N) is 2. The van der Waals surface area contributed by atoms with Crippen LogP contribution in [0.2, 0.25) is 0 Å². The minimum absolute atomic E-state index is 0.425. The molecular weight excluding hydrogens is 1180 g/mol. The summed E-state index contributed by atoms with van der Waals surface area (Å²) in [5.41, 5.74) is 3.02. The van der Waals surface area contributed by atoms with Crippen LogP contribution in [0.4, 0.5) is 0 Å². The second kappa shape index (κ2) is 53.9. The number of carbonyl (C=O) groups is 2. The first-order valence-corrected chi connectivity index (χ1v) is 37.6. The highest BCUT2D eigenvalue weighted by molar-refractivity contribution is 5.92. The van der Waals surface area contributed by atoms with E-state index in [1.807, 2.05) is 60.7 Å². The molecule has 528 valence electrons. The Morgan fingerprint density at radius 2 is 0.564 bits per heavy atom. The van der Waals surface area contributed by atoms with E-state index in [9.17, 15) is 9.59 Å². The van der Waals surface area contributed by atoms with E-state index in [-0.39, 0.29) is 0 Å². The average Bonchev–Trinajstić information content (AvgIpc) is 1.23. The SMILES string of the molecule is CCCCCCCCCCOc1ccc(C(=O)Oc2ccc(CN3CCOCCOCCN(Cc4ccc(OC(=O)c5ccc(OCCCCCCCCCC)c(OCCCCCCCCCC)c5)cc4)CCOCCOCC3)cc2)cc1OCCCCCCCCCC. The van der Waals surface area contributed by atoms with Gasteiger partial charge in [0, 0.05) is 39.3 Å². The quantitative estimate of drug-likeness (QED) is 0.0236. The fourth-order valence-electron chi connectivity index (χ4n) is 11.5. The molecule has 14 nitrogen and oxygen atoms in total. The van der Waals surface area contributed by atoms with Crippen molar-refractivity contribution < 1.29 is 57.0 Å². The molecule has 4 aromatic rings. The van der Waals surface area contributed by atoms with Gasteiger partial charge in [-0.1, -0.05) is 232 Å². The van der Waals surface area contributed by atoms with Crippen LogP contribution >= 0.6 is 0 Å². The Morgan fingerprint density at radius 1 is 0.309 bits per heavy atom. The topological polar surface area (TPSA) is 133 Å². The van der Waals surface area contributed by atoms with E-state index >= 15 is 0 Å². The Balaban J connectivity index is 1.04. The predicted molar refractivity (Wildman–Crippen MR) is 382 cm³/mol. The minimum atomic E-state index is -0.438. The number of carbonyl (C=O) groups excluding carboxylic acids is 2. The molecule has 0 spiro atoms. The smallest absolute Gasteiger partial charge is 0.343 e. The predicted octanol–water partition coefficient (Wildman–Crippen LogP) is 19.6. The van der Waals surface area contributed by atoms with E-state index in [0.717, 1.165) is 62.5 Å². The van der Waals surface area contributed by atoms with Gasteiger partial charge in [0.15, 0.2) is 23.0 Å². The molecule has 1 fully saturated rings. The number of benzene rings is 4. The summed E-state index contributed by atoms with van der Waals surface area (Å²) in [7, 11) is 0. The van der Waals surface area contributed by atoms with Gasteiger partial charge in [-0.05, 0) is 97.5 Å². The van der Waals surface area contributed by atoms with Crippen LogP contribution in [0.1, 0.15) is 265 Å². The summed E-state index contributed by atoms with van der Waals surface area (Å²) in [6.45, 7) is 19.7. The Labute approximate surface area is 569 Å². The van der Waals surface area contributed by atoms with Crippen molar-refractivity contribution in [2.24, 2.45) is 0 Å². The lowest BCUT2D eigenvalue weighted by Gasteiger charge is -2.24. The molecule has 1 saturated heterocycles. The van der Waals surface area contributed by atoms with Gasteiger partial charge in [-0.25, -0.2) is 9.59 Å². The highest BCUT2D eigenvalue weighted by Gasteiger charge is 2.18. The fourth-order valence-corrected chi connectivity index (χ4v) is 11.5. The summed E-state index contributed by atoms with van der Waals surface area (Å²) >= 11 is 0. The molecule has 0 N–H and O–H groups in total. The van der Waals surface area contributed by atoms with Crippen molar-refractivity contribution in [1.82, 2.24) is 9.80 Å². The van der Waals surface area contributed by atoms with Gasteiger partial charge in [-0.2, -0.15) is 0 Å². The van der Waals surface area contributed by atoms with Crippen molar-refractivity contribution in [2.75, 3.05) is 105 Å². The van der Waals surface area contributed by atoms with Crippen LogP contribution < -0.4 is 28.4 Å². The Bertz CT molecular complexity index is 2300. The van der Waals surface area contributed by atoms with Crippen LogP contribution in [0, 0.1) is 0 Å². The Kier molecular flexibility index (Phi) is 45.5. The summed E-state index contributed by atoms with van der Waals surface area (Å²) in [6, 6.07) is 26.2. The third-order valence-electron chi connectivity index (χ3n) is 17.4. The molecule has 94 heavy (non-hydrogen) atoms. The molecule has 5 rings (SSSR count). The van der Waals surface area contributed by atoms with Crippen molar-refractivity contribution >= 4 is 11.9 Å². The van der Waals surface area contributed by atoms with Gasteiger partial charge in [0.25, 0.3) is 0 Å². The molecule has 1 heterocycles. The molecular formula is C80H126N2O12. The number of unbranched alkanes of at least 4 members (excludes halogenated alkanes) is 28. The lowest BCUT2D eigenvalue weighted by molar-refractivity contribution is 0.00624. The number of hydrogen-bond donors (Lipinski definition) is 0. The van der Waals surface area contributed by atoms with Crippen molar-refractivity contribution in [2.45, 2.75) is 246 Å². The Morgan fingerprint density at radius 3 is 0.840 bits per heavy atom. The third-order valence-corrected chi connectivity index (χ3v) is 17.4. The molecule has 4 aromatic carbocycles. The minimum Gasteiger partial charge on any atom is -0.490 e. The number of hydrogen-bond acceptors (Lipinski definition) is 14. The molecule has 0 saturated carbocycles. The van der Waals surface area contributed by atoms with Crippen molar-refractivity contribution in [1.29, 1.82) is 0 Å². The molecule has 1 aliphatic heterocycles. The second-order valence-electron chi connectivity index (χ2n) is 25.7. The first-order valence-electron chi connectivity index (χ1n) is 37.6. The van der Waals surface area contributed by atoms with E-state index < -0.39 is 11.9 Å². The van der Waals surface area contributed by atoms with Gasteiger partial charge < -0.3 is 47.4 Å². The highest BCUT2D eigenvalue weighted by Crippen LogP contribution is 2.32. The number of esters is 2. The molecule has 1 aliphatic rings. The van der Waals surface area contributed by atoms with E-state index in [1.54, 1.807) is 24.3 Å². The zero-order chi connectivity index (χ0) is 66.4. The summed E-state index contributed by atoms with van der Waals surface area (Å²) in [4.78, 5) is 31.8. The van der Waals surface area contributed by atoms with Crippen molar-refractivity contribution in [3.05, 3.63) is 107 Å². The van der Waals surface area contributed by atoms with Crippen molar-refractivity contribution in [3.63, 3.8) is 0 Å². The van der Waals surface area contributed by atoms with E-state index in [1.165, 1.54) is 154 Å². The van der Waals surface area contributed by atoms with Gasteiger partial charge in [-0.3, -0.25) is 9.80 Å². The van der Waals surface area contributed by atoms with Crippen LogP contribution in [0.25, 0.3) is 0 Å². The lowest BCUT2D eigenvalue weighted by Crippen LogP contribution is -2.32. The standard InChI is InChI=1S/C80H126N2O12/c1-5-9-13-17-21-25-29-33-53-89-75-47-41-71(65-77(75)91-55-35-31-27-23-19-15-11-7-3)79(83)93-73-43-37-69(38-44-73)67-81-49-57-85-61-63-87-59-51-82(52-60-88-64-62-86-58-50-81)68-70-39-45-74(46-40-70)94-80(84)72-42-48-76(90-54-34-30-26-22-18-14-10-6-2)78(66-72)92-56-36-32-28-24-20-16-12-8-4/h37-48,65-66H,5-36,49-64,67-68H2,1-4H3. The largest absolute Gasteiger partial charge is 0.490 e. The van der Waals surface area contributed by atoms with Crippen LogP contribution in [-0.2, 0) is 32.0 Å². The maximum atomic E-state index is 13.6. The van der Waals surface area contributed by atoms with Crippen LogP contribution in [0.3, 0.4) is 0 Å². The second-order valence-corrected chi connectivity index (χ2v) is 25.7. The summed E-state index contributed by atoms with van der Waals surface area (Å²) < 4.78 is 61.3. The third kappa shape index (κ3) is 37.3. The molecule has 0 aromatic heterocycles. The van der Waals surface area contributed by atoms with Gasteiger partial charge in [0.2, 0.25) is 0 Å². The average molecular weight is 1310 g/mol. The van der Waals surface area contributed by atoms with Gasteiger partial charge in [-0.15, -0.1) is 0 Å². The molecule has 0 unspecified atom stereocenters. The van der Waals surface area contributed by atoms with Crippen LogP contribution in [0.15, 0.2) is 84.9 Å². The van der Waals surface area contributed by atoms with Crippen LogP contribution in [-0.4, -0.2) is 127 Å². The van der Waals surface area contributed by atoms with Crippen LogP contribution in [0.5, 0.6) is 34.5 Å². The maximum absolute atomic E-state index is 13.6. The van der Waals surface area contributed by atoms with Crippen molar-refractivity contribution in [3.8, 4) is 34.5 Å². The normalized spacial score (nSPS) is 14.3. The monoisotopic (exact) mass is 1310 g/mol. The highest BCUT2D eigenvalue weighted by atomic mass is 16.6. The molecule has 0 amide bonds. The molecule has 0 radical (unpaired) electrons. The van der Waals surface area contributed by atoms with Gasteiger partial charge in [0.1, 0.15) is 11.5 Å². The van der Waals surface area contributed by atoms with Gasteiger partial charge in [0.05, 0.1) is 90.4 Å². The summed E-state index contributed by atoms with van der Waals surface area (Å²) in [5.74, 6) is 2.62. The first kappa shape index (κ1) is 79.5. The first-order chi connectivity index (χ1) is 46.4. The lowest BCUT2D eigenvalue weighted by atomic mass is 10.1. The number of rotatable bonds is 48. The summed E-state index contributed by atoms with van der Waals surface area (Å²) in [6.07, 6.45) is 39.3. The Hall–Kier alpha value is -5.22.